The predicted octanol–water partition coefficient (Wildman–Crippen LogP) is 3.50. The minimum Gasteiger partial charge on any atom is -0.151 e. The molecule has 10 heavy (non-hydrogen) atoms. The van der Waals surface area contributed by atoms with Gasteiger partial charge in [-0.25, -0.2) is 0 Å². The standard InChI is InChI=1S/C8H12S2/c1-7(2)5-10-8-3-4-9-6-8/h3-4,6-7H,5H2,1-2H3. The van der Waals surface area contributed by atoms with Crippen molar-refractivity contribution in [3.8, 4) is 0 Å². The summed E-state index contributed by atoms with van der Waals surface area (Å²) in [5, 5.41) is 4.33. The van der Waals surface area contributed by atoms with Gasteiger partial charge < -0.3 is 0 Å². The summed E-state index contributed by atoms with van der Waals surface area (Å²) >= 11 is 3.72. The van der Waals surface area contributed by atoms with Crippen molar-refractivity contribution in [2.45, 2.75) is 18.7 Å². The molecule has 1 aromatic heterocycles. The lowest BCUT2D eigenvalue weighted by molar-refractivity contribution is 0.750. The minimum atomic E-state index is 0.796. The van der Waals surface area contributed by atoms with Gasteiger partial charge in [0.2, 0.25) is 0 Å². The summed E-state index contributed by atoms with van der Waals surface area (Å²) in [7, 11) is 0. The third kappa shape index (κ3) is 2.76. The molecule has 0 aliphatic carbocycles. The highest BCUT2D eigenvalue weighted by Gasteiger charge is 1.95. The van der Waals surface area contributed by atoms with Crippen molar-refractivity contribution in [2.24, 2.45) is 5.92 Å². The Morgan fingerprint density at radius 2 is 2.40 bits per heavy atom. The number of hydrogen-bond acceptors (Lipinski definition) is 2. The van der Waals surface area contributed by atoms with Crippen LogP contribution in [0.3, 0.4) is 0 Å². The molecule has 0 fully saturated rings. The zero-order valence-electron chi connectivity index (χ0n) is 6.33. The molecular formula is C8H12S2. The van der Waals surface area contributed by atoms with Gasteiger partial charge in [0.15, 0.2) is 0 Å². The smallest absolute Gasteiger partial charge is 0.0179 e. The van der Waals surface area contributed by atoms with Crippen molar-refractivity contribution in [3.63, 3.8) is 0 Å². The van der Waals surface area contributed by atoms with Crippen LogP contribution >= 0.6 is 23.1 Å². The molecule has 0 aliphatic rings. The molecule has 0 spiro atoms. The summed E-state index contributed by atoms with van der Waals surface area (Å²) in [4.78, 5) is 1.42. The molecule has 0 aromatic carbocycles. The Morgan fingerprint density at radius 3 is 2.90 bits per heavy atom. The molecular weight excluding hydrogens is 160 g/mol. The molecule has 0 N–H and O–H groups in total. The number of thiophene rings is 1. The first-order chi connectivity index (χ1) is 4.79. The van der Waals surface area contributed by atoms with Crippen molar-refractivity contribution in [2.75, 3.05) is 5.75 Å². The molecule has 56 valence electrons. The monoisotopic (exact) mass is 172 g/mol. The third-order valence-corrected chi connectivity index (χ3v) is 3.33. The molecule has 1 aromatic rings. The van der Waals surface area contributed by atoms with Gasteiger partial charge in [-0.2, -0.15) is 11.3 Å². The third-order valence-electron chi connectivity index (χ3n) is 1.08. The van der Waals surface area contributed by atoms with E-state index in [2.05, 4.69) is 30.7 Å². The van der Waals surface area contributed by atoms with Crippen LogP contribution in [0.4, 0.5) is 0 Å². The van der Waals surface area contributed by atoms with Crippen molar-refractivity contribution in [3.05, 3.63) is 16.8 Å². The second kappa shape index (κ2) is 4.04. The lowest BCUT2D eigenvalue weighted by Gasteiger charge is -2.00. The van der Waals surface area contributed by atoms with Gasteiger partial charge in [-0.05, 0) is 17.4 Å². The molecule has 2 heteroatoms. The van der Waals surface area contributed by atoms with E-state index in [1.165, 1.54) is 10.6 Å². The highest BCUT2D eigenvalue weighted by molar-refractivity contribution is 7.99. The summed E-state index contributed by atoms with van der Waals surface area (Å²) in [5.74, 6) is 2.03. The Kier molecular flexibility index (Phi) is 3.29. The second-order valence-electron chi connectivity index (χ2n) is 2.66. The van der Waals surface area contributed by atoms with Crippen LogP contribution in [0.1, 0.15) is 13.8 Å². The highest BCUT2D eigenvalue weighted by Crippen LogP contribution is 2.22. The molecule has 0 saturated heterocycles. The average molecular weight is 172 g/mol. The van der Waals surface area contributed by atoms with Crippen LogP contribution in [0, 0.1) is 5.92 Å². The molecule has 0 bridgehead atoms. The van der Waals surface area contributed by atoms with E-state index >= 15 is 0 Å². The normalized spacial score (nSPS) is 10.7. The fourth-order valence-electron chi connectivity index (χ4n) is 0.597. The summed E-state index contributed by atoms with van der Waals surface area (Å²) in [6.07, 6.45) is 0. The Hall–Kier alpha value is 0.0500. The molecule has 0 saturated carbocycles. The zero-order chi connectivity index (χ0) is 7.40. The largest absolute Gasteiger partial charge is 0.151 e. The first-order valence-corrected chi connectivity index (χ1v) is 5.37. The lowest BCUT2D eigenvalue weighted by atomic mass is 10.3. The fourth-order valence-corrected chi connectivity index (χ4v) is 2.33. The maximum Gasteiger partial charge on any atom is 0.0179 e. The van der Waals surface area contributed by atoms with Gasteiger partial charge in [-0.1, -0.05) is 13.8 Å². The van der Waals surface area contributed by atoms with Gasteiger partial charge in [-0.15, -0.1) is 11.8 Å². The van der Waals surface area contributed by atoms with Crippen molar-refractivity contribution in [1.29, 1.82) is 0 Å². The minimum absolute atomic E-state index is 0.796. The predicted molar refractivity (Wildman–Crippen MR) is 49.9 cm³/mol. The SMILES string of the molecule is CC(C)CSc1ccsc1. The Bertz CT molecular complexity index is 165. The van der Waals surface area contributed by atoms with E-state index in [1.807, 2.05) is 11.8 Å². The summed E-state index contributed by atoms with van der Waals surface area (Å²) in [6.45, 7) is 4.50. The Morgan fingerprint density at radius 1 is 1.60 bits per heavy atom. The number of thioether (sulfide) groups is 1. The summed E-state index contributed by atoms with van der Waals surface area (Å²) < 4.78 is 0. The van der Waals surface area contributed by atoms with Crippen LogP contribution < -0.4 is 0 Å². The molecule has 0 unspecified atom stereocenters. The van der Waals surface area contributed by atoms with Gasteiger partial charge in [-0.3, -0.25) is 0 Å². The van der Waals surface area contributed by atoms with Crippen molar-refractivity contribution >= 4 is 23.1 Å². The van der Waals surface area contributed by atoms with E-state index in [1.54, 1.807) is 11.3 Å². The van der Waals surface area contributed by atoms with E-state index in [9.17, 15) is 0 Å². The van der Waals surface area contributed by atoms with Crippen LogP contribution in [-0.4, -0.2) is 5.75 Å². The first-order valence-electron chi connectivity index (χ1n) is 3.44. The second-order valence-corrected chi connectivity index (χ2v) is 4.54. The Labute approximate surface area is 70.7 Å². The molecule has 1 heterocycles. The Balaban J connectivity index is 2.28. The first kappa shape index (κ1) is 8.15. The summed E-state index contributed by atoms with van der Waals surface area (Å²) in [5.41, 5.74) is 0. The average Bonchev–Trinajstić information content (AvgIpc) is 2.34. The van der Waals surface area contributed by atoms with Gasteiger partial charge in [0.1, 0.15) is 0 Å². The van der Waals surface area contributed by atoms with Gasteiger partial charge in [0.25, 0.3) is 0 Å². The molecule has 1 rings (SSSR count). The molecule has 0 radical (unpaired) electrons. The molecule has 0 amide bonds. The molecule has 0 atom stereocenters. The molecule has 0 aliphatic heterocycles. The van der Waals surface area contributed by atoms with E-state index in [0.717, 1.165) is 5.92 Å². The van der Waals surface area contributed by atoms with E-state index in [0.29, 0.717) is 0 Å². The van der Waals surface area contributed by atoms with Gasteiger partial charge >= 0.3 is 0 Å². The van der Waals surface area contributed by atoms with Crippen molar-refractivity contribution < 1.29 is 0 Å². The van der Waals surface area contributed by atoms with E-state index in [-0.39, 0.29) is 0 Å². The van der Waals surface area contributed by atoms with Crippen LogP contribution in [0.2, 0.25) is 0 Å². The number of rotatable bonds is 3. The zero-order valence-corrected chi connectivity index (χ0v) is 7.97. The van der Waals surface area contributed by atoms with E-state index in [4.69, 9.17) is 0 Å². The van der Waals surface area contributed by atoms with Gasteiger partial charge in [0.05, 0.1) is 0 Å². The maximum atomic E-state index is 2.25. The maximum absolute atomic E-state index is 2.25. The van der Waals surface area contributed by atoms with E-state index < -0.39 is 0 Å². The van der Waals surface area contributed by atoms with Crippen molar-refractivity contribution in [1.82, 2.24) is 0 Å². The fraction of sp³-hybridized carbons (Fsp3) is 0.500. The number of hydrogen-bond donors (Lipinski definition) is 0. The van der Waals surface area contributed by atoms with Gasteiger partial charge in [0, 0.05) is 16.0 Å². The highest BCUT2D eigenvalue weighted by atomic mass is 32.2. The van der Waals surface area contributed by atoms with Crippen LogP contribution in [0.5, 0.6) is 0 Å². The van der Waals surface area contributed by atoms with Crippen LogP contribution in [-0.2, 0) is 0 Å². The van der Waals surface area contributed by atoms with Crippen LogP contribution in [0.25, 0.3) is 0 Å². The van der Waals surface area contributed by atoms with Crippen LogP contribution in [0.15, 0.2) is 21.7 Å². The molecule has 0 nitrogen and oxygen atoms in total. The lowest BCUT2D eigenvalue weighted by Crippen LogP contribution is -1.88. The topological polar surface area (TPSA) is 0 Å². The quantitative estimate of drug-likeness (QED) is 0.629. The summed E-state index contributed by atoms with van der Waals surface area (Å²) in [6, 6.07) is 2.18.